The number of benzene rings is 1. The minimum absolute atomic E-state index is 0.360. The molecule has 0 radical (unpaired) electrons. The zero-order valence-electron chi connectivity index (χ0n) is 6.99. The van der Waals surface area contributed by atoms with Crippen LogP contribution in [0.3, 0.4) is 0 Å². The highest BCUT2D eigenvalue weighted by molar-refractivity contribution is 5.43. The average Bonchev–Trinajstić information content (AvgIpc) is 2.12. The minimum Gasteiger partial charge on any atom is -0.385 e. The quantitative estimate of drug-likeness (QED) is 0.718. The fourth-order valence-electron chi connectivity index (χ4n) is 0.906. The normalized spacial score (nSPS) is 10.1. The monoisotopic (exact) mass is 189 g/mol. The second-order valence-corrected chi connectivity index (χ2v) is 2.60. The van der Waals surface area contributed by atoms with Crippen molar-refractivity contribution < 1.29 is 13.2 Å². The van der Waals surface area contributed by atoms with E-state index in [0.717, 1.165) is 12.1 Å². The zero-order valence-corrected chi connectivity index (χ0v) is 6.99. The summed E-state index contributed by atoms with van der Waals surface area (Å²) in [6.45, 7) is -0.00174. The van der Waals surface area contributed by atoms with Crippen LogP contribution < -0.4 is 5.32 Å². The lowest BCUT2D eigenvalue weighted by Crippen LogP contribution is -2.02. The number of rotatable bonds is 4. The van der Waals surface area contributed by atoms with E-state index in [4.69, 9.17) is 0 Å². The third-order valence-electron chi connectivity index (χ3n) is 1.56. The van der Waals surface area contributed by atoms with Crippen molar-refractivity contribution in [1.29, 1.82) is 0 Å². The summed E-state index contributed by atoms with van der Waals surface area (Å²) >= 11 is 0. The largest absolute Gasteiger partial charge is 0.385 e. The fourth-order valence-corrected chi connectivity index (χ4v) is 0.906. The molecule has 0 saturated heterocycles. The van der Waals surface area contributed by atoms with Crippen LogP contribution in [-0.4, -0.2) is 13.2 Å². The van der Waals surface area contributed by atoms with Crippen molar-refractivity contribution in [1.82, 2.24) is 0 Å². The number of hydrogen-bond acceptors (Lipinski definition) is 1. The Morgan fingerprint density at radius 3 is 2.54 bits per heavy atom. The second-order valence-electron chi connectivity index (χ2n) is 2.60. The van der Waals surface area contributed by atoms with E-state index in [1.54, 1.807) is 0 Å². The molecule has 0 heterocycles. The Labute approximate surface area is 74.6 Å². The summed E-state index contributed by atoms with van der Waals surface area (Å²) in [5, 5.41) is 2.77. The van der Waals surface area contributed by atoms with Crippen LogP contribution >= 0.6 is 0 Å². The molecule has 1 rings (SSSR count). The van der Waals surface area contributed by atoms with Crippen molar-refractivity contribution >= 4 is 5.69 Å². The predicted octanol–water partition coefficient (Wildman–Crippen LogP) is 2.74. The van der Waals surface area contributed by atoms with E-state index in [2.05, 4.69) is 5.32 Å². The maximum absolute atomic E-state index is 12.6. The van der Waals surface area contributed by atoms with Crippen molar-refractivity contribution in [3.8, 4) is 0 Å². The Morgan fingerprint density at radius 2 is 1.92 bits per heavy atom. The molecule has 0 bridgehead atoms. The van der Waals surface area contributed by atoms with Crippen molar-refractivity contribution in [2.24, 2.45) is 0 Å². The van der Waals surface area contributed by atoms with E-state index in [9.17, 15) is 13.2 Å². The maximum atomic E-state index is 12.6. The van der Waals surface area contributed by atoms with E-state index in [-0.39, 0.29) is 0 Å². The Kier molecular flexibility index (Phi) is 3.61. The van der Waals surface area contributed by atoms with Crippen LogP contribution in [0.2, 0.25) is 0 Å². The first-order chi connectivity index (χ1) is 6.24. The van der Waals surface area contributed by atoms with Crippen LogP contribution in [0.15, 0.2) is 18.2 Å². The molecule has 0 amide bonds. The first-order valence-corrected chi connectivity index (χ1v) is 3.99. The first-order valence-electron chi connectivity index (χ1n) is 3.99. The SMILES string of the molecule is FCCCNc1ccc(F)c(F)c1. The summed E-state index contributed by atoms with van der Waals surface area (Å²) in [4.78, 5) is 0. The van der Waals surface area contributed by atoms with Gasteiger partial charge in [0.25, 0.3) is 0 Å². The third kappa shape index (κ3) is 2.97. The van der Waals surface area contributed by atoms with Gasteiger partial charge in [0.15, 0.2) is 11.6 Å². The van der Waals surface area contributed by atoms with Crippen LogP contribution in [0.5, 0.6) is 0 Å². The van der Waals surface area contributed by atoms with Crippen molar-refractivity contribution in [2.75, 3.05) is 18.5 Å². The number of alkyl halides is 1. The van der Waals surface area contributed by atoms with Gasteiger partial charge in [0.2, 0.25) is 0 Å². The molecular weight excluding hydrogens is 179 g/mol. The molecule has 1 aromatic rings. The third-order valence-corrected chi connectivity index (χ3v) is 1.56. The molecule has 72 valence electrons. The number of nitrogens with one attached hydrogen (secondary N) is 1. The van der Waals surface area contributed by atoms with E-state index in [1.807, 2.05) is 0 Å². The summed E-state index contributed by atoms with van der Waals surface area (Å²) in [5.41, 5.74) is 0.465. The molecule has 0 aliphatic rings. The second kappa shape index (κ2) is 4.74. The first kappa shape index (κ1) is 9.89. The molecule has 1 N–H and O–H groups in total. The Balaban J connectivity index is 2.53. The topological polar surface area (TPSA) is 12.0 Å². The highest BCUT2D eigenvalue weighted by Crippen LogP contribution is 2.12. The summed E-state index contributed by atoms with van der Waals surface area (Å²) in [6, 6.07) is 3.50. The van der Waals surface area contributed by atoms with Gasteiger partial charge in [-0.1, -0.05) is 0 Å². The van der Waals surface area contributed by atoms with Crippen LogP contribution in [0.25, 0.3) is 0 Å². The molecule has 1 nitrogen and oxygen atoms in total. The van der Waals surface area contributed by atoms with E-state index in [0.29, 0.717) is 18.7 Å². The van der Waals surface area contributed by atoms with Crippen LogP contribution in [0, 0.1) is 11.6 Å². The standard InChI is InChI=1S/C9H10F3N/c10-4-1-5-13-7-2-3-8(11)9(12)6-7/h2-3,6,13H,1,4-5H2. The van der Waals surface area contributed by atoms with Crippen molar-refractivity contribution in [3.05, 3.63) is 29.8 Å². The van der Waals surface area contributed by atoms with E-state index in [1.165, 1.54) is 6.07 Å². The fraction of sp³-hybridized carbons (Fsp3) is 0.333. The summed E-state index contributed by atoms with van der Waals surface area (Å²) in [7, 11) is 0. The molecule has 0 saturated carbocycles. The molecule has 0 aromatic heterocycles. The average molecular weight is 189 g/mol. The Morgan fingerprint density at radius 1 is 1.15 bits per heavy atom. The van der Waals surface area contributed by atoms with Gasteiger partial charge >= 0.3 is 0 Å². The lowest BCUT2D eigenvalue weighted by Gasteiger charge is -2.04. The molecule has 0 aliphatic heterocycles. The van der Waals surface area contributed by atoms with Gasteiger partial charge in [-0.05, 0) is 24.6 Å². The van der Waals surface area contributed by atoms with Gasteiger partial charge in [0.05, 0.1) is 6.67 Å². The molecule has 0 fully saturated rings. The van der Waals surface area contributed by atoms with Crippen LogP contribution in [-0.2, 0) is 0 Å². The van der Waals surface area contributed by atoms with Gasteiger partial charge in [-0.15, -0.1) is 0 Å². The van der Waals surface area contributed by atoms with Crippen molar-refractivity contribution in [2.45, 2.75) is 6.42 Å². The Bertz CT molecular complexity index is 276. The van der Waals surface area contributed by atoms with Gasteiger partial charge in [0.1, 0.15) is 0 Å². The van der Waals surface area contributed by atoms with Crippen LogP contribution in [0.1, 0.15) is 6.42 Å². The van der Waals surface area contributed by atoms with E-state index < -0.39 is 18.3 Å². The Hall–Kier alpha value is -1.19. The van der Waals surface area contributed by atoms with Gasteiger partial charge in [0, 0.05) is 12.2 Å². The smallest absolute Gasteiger partial charge is 0.160 e. The molecule has 0 spiro atoms. The van der Waals surface area contributed by atoms with Gasteiger partial charge in [-0.2, -0.15) is 0 Å². The molecule has 13 heavy (non-hydrogen) atoms. The number of hydrogen-bond donors (Lipinski definition) is 1. The molecule has 1 aromatic carbocycles. The highest BCUT2D eigenvalue weighted by atomic mass is 19.2. The molecular formula is C9H10F3N. The van der Waals surface area contributed by atoms with Gasteiger partial charge < -0.3 is 5.32 Å². The minimum atomic E-state index is -0.898. The molecule has 0 atom stereocenters. The van der Waals surface area contributed by atoms with Gasteiger partial charge in [-0.25, -0.2) is 8.78 Å². The van der Waals surface area contributed by atoms with Crippen molar-refractivity contribution in [3.63, 3.8) is 0 Å². The molecule has 0 unspecified atom stereocenters. The van der Waals surface area contributed by atoms with Gasteiger partial charge in [-0.3, -0.25) is 4.39 Å². The lowest BCUT2D eigenvalue weighted by molar-refractivity contribution is 0.481. The van der Waals surface area contributed by atoms with E-state index >= 15 is 0 Å². The number of halogens is 3. The highest BCUT2D eigenvalue weighted by Gasteiger charge is 2.01. The summed E-state index contributed by atoms with van der Waals surface area (Å²) < 4.78 is 36.7. The maximum Gasteiger partial charge on any atom is 0.160 e. The summed E-state index contributed by atoms with van der Waals surface area (Å²) in [5.74, 6) is -1.78. The molecule has 0 aliphatic carbocycles. The lowest BCUT2D eigenvalue weighted by atomic mass is 10.3. The predicted molar refractivity (Wildman–Crippen MR) is 45.4 cm³/mol. The van der Waals surface area contributed by atoms with Crippen LogP contribution in [0.4, 0.5) is 18.9 Å². The zero-order chi connectivity index (χ0) is 9.68. The summed E-state index contributed by atoms with van der Waals surface area (Å²) in [6.07, 6.45) is 0.360. The molecule has 4 heteroatoms. The number of anilines is 1.